The van der Waals surface area contributed by atoms with E-state index < -0.39 is 0 Å². The summed E-state index contributed by atoms with van der Waals surface area (Å²) in [5.74, 6) is 1.82. The molecule has 1 spiro atoms. The van der Waals surface area contributed by atoms with Crippen LogP contribution in [-0.2, 0) is 0 Å². The van der Waals surface area contributed by atoms with Gasteiger partial charge in [-0.1, -0.05) is 18.2 Å². The minimum Gasteiger partial charge on any atom is -0.375 e. The van der Waals surface area contributed by atoms with Crippen LogP contribution in [0.5, 0.6) is 0 Å². The first-order valence-electron chi connectivity index (χ1n) is 9.28. The summed E-state index contributed by atoms with van der Waals surface area (Å²) < 4.78 is 0. The molecule has 0 atom stereocenters. The second-order valence-corrected chi connectivity index (χ2v) is 7.61. The lowest BCUT2D eigenvalue weighted by molar-refractivity contribution is -0.0107. The lowest BCUT2D eigenvalue weighted by Crippen LogP contribution is -2.73. The average molecular weight is 362 g/mol. The molecule has 0 radical (unpaired) electrons. The Bertz CT molecular complexity index is 874. The first kappa shape index (κ1) is 16.3. The summed E-state index contributed by atoms with van der Waals surface area (Å²) in [5, 5.41) is 6.49. The van der Waals surface area contributed by atoms with E-state index in [-0.39, 0.29) is 11.3 Å². The molecular weight excluding hydrogens is 340 g/mol. The van der Waals surface area contributed by atoms with E-state index in [2.05, 4.69) is 25.5 Å². The van der Waals surface area contributed by atoms with Crippen molar-refractivity contribution in [3.63, 3.8) is 0 Å². The largest absolute Gasteiger partial charge is 0.375 e. The van der Waals surface area contributed by atoms with Gasteiger partial charge in [-0.15, -0.1) is 0 Å². The molecule has 5 rings (SSSR count). The Balaban J connectivity index is 1.20. The molecule has 0 bridgehead atoms. The van der Waals surface area contributed by atoms with Gasteiger partial charge in [0.05, 0.1) is 6.67 Å². The fourth-order valence-corrected chi connectivity index (χ4v) is 4.10. The van der Waals surface area contributed by atoms with E-state index in [1.165, 1.54) is 0 Å². The van der Waals surface area contributed by atoms with Gasteiger partial charge < -0.3 is 15.1 Å². The Morgan fingerprint density at radius 2 is 1.93 bits per heavy atom. The molecule has 3 aliphatic rings. The predicted molar refractivity (Wildman–Crippen MR) is 103 cm³/mol. The minimum atomic E-state index is 0.133. The smallest absolute Gasteiger partial charge is 0.253 e. The van der Waals surface area contributed by atoms with Crippen molar-refractivity contribution in [1.82, 2.24) is 25.5 Å². The highest BCUT2D eigenvalue weighted by molar-refractivity contribution is 5.94. The van der Waals surface area contributed by atoms with Crippen molar-refractivity contribution in [3.8, 4) is 0 Å². The van der Waals surface area contributed by atoms with E-state index in [0.717, 1.165) is 62.3 Å². The van der Waals surface area contributed by atoms with Crippen LogP contribution in [0.2, 0.25) is 0 Å². The third-order valence-electron chi connectivity index (χ3n) is 5.46. The summed E-state index contributed by atoms with van der Waals surface area (Å²) >= 11 is 0. The van der Waals surface area contributed by atoms with Crippen LogP contribution in [0.1, 0.15) is 16.2 Å². The number of likely N-dealkylation sites (tertiary alicyclic amines) is 1. The van der Waals surface area contributed by atoms with Gasteiger partial charge in [0, 0.05) is 61.7 Å². The predicted octanol–water partition coefficient (Wildman–Crippen LogP) is 0.930. The van der Waals surface area contributed by atoms with Gasteiger partial charge in [0.15, 0.2) is 5.82 Å². The second kappa shape index (κ2) is 6.35. The van der Waals surface area contributed by atoms with Gasteiger partial charge in [0.25, 0.3) is 5.91 Å². The van der Waals surface area contributed by atoms with Crippen LogP contribution in [-0.4, -0.2) is 60.2 Å². The van der Waals surface area contributed by atoms with Crippen molar-refractivity contribution >= 4 is 17.8 Å². The van der Waals surface area contributed by atoms with Gasteiger partial charge in [-0.3, -0.25) is 10.1 Å². The SMILES string of the molecule is O=C(c1ccccc1)N1CC2(C1)CN(c1ccnc(C=C3CNCN3)n1)C2. The number of aromatic nitrogens is 2. The van der Waals surface area contributed by atoms with Crippen LogP contribution < -0.4 is 15.5 Å². The number of hydrogen-bond acceptors (Lipinski definition) is 6. The number of amides is 1. The number of rotatable bonds is 3. The molecule has 0 unspecified atom stereocenters. The molecule has 138 valence electrons. The Kier molecular flexibility index (Phi) is 3.82. The zero-order valence-corrected chi connectivity index (χ0v) is 15.1. The minimum absolute atomic E-state index is 0.133. The molecule has 7 heteroatoms. The fourth-order valence-electron chi connectivity index (χ4n) is 4.10. The van der Waals surface area contributed by atoms with Gasteiger partial charge in [-0.2, -0.15) is 0 Å². The standard InChI is InChI=1S/C20H22N6O/c27-19(15-4-2-1-3-5-15)26-12-20(13-26)10-25(11-20)18-6-7-22-17(24-18)8-16-9-21-14-23-16/h1-8,21,23H,9-14H2. The van der Waals surface area contributed by atoms with Crippen LogP contribution >= 0.6 is 0 Å². The molecular formula is C20H22N6O. The molecule has 1 amide bonds. The lowest BCUT2D eigenvalue weighted by atomic mass is 9.72. The molecule has 2 aromatic rings. The average Bonchev–Trinajstić information content (AvgIpc) is 3.13. The number of hydrogen-bond donors (Lipinski definition) is 2. The van der Waals surface area contributed by atoms with Crippen molar-refractivity contribution in [3.05, 3.63) is 59.7 Å². The maximum absolute atomic E-state index is 12.5. The molecule has 3 fully saturated rings. The number of carbonyl (C=O) groups is 1. The van der Waals surface area contributed by atoms with Gasteiger partial charge >= 0.3 is 0 Å². The maximum Gasteiger partial charge on any atom is 0.253 e. The Labute approximate surface area is 158 Å². The van der Waals surface area contributed by atoms with Crippen LogP contribution in [0.25, 0.3) is 6.08 Å². The highest BCUT2D eigenvalue weighted by atomic mass is 16.2. The zero-order chi connectivity index (χ0) is 18.3. The highest BCUT2D eigenvalue weighted by Crippen LogP contribution is 2.41. The Morgan fingerprint density at radius 1 is 1.11 bits per heavy atom. The summed E-state index contributed by atoms with van der Waals surface area (Å²) in [6.07, 6.45) is 3.80. The van der Waals surface area contributed by atoms with E-state index in [4.69, 9.17) is 0 Å². The molecule has 2 N–H and O–H groups in total. The van der Waals surface area contributed by atoms with Gasteiger partial charge in [0.2, 0.25) is 0 Å². The third kappa shape index (κ3) is 3.04. The third-order valence-corrected chi connectivity index (χ3v) is 5.46. The Morgan fingerprint density at radius 3 is 2.67 bits per heavy atom. The van der Waals surface area contributed by atoms with Crippen LogP contribution in [0.4, 0.5) is 5.82 Å². The number of carbonyl (C=O) groups excluding carboxylic acids is 1. The van der Waals surface area contributed by atoms with Crippen LogP contribution in [0, 0.1) is 5.41 Å². The van der Waals surface area contributed by atoms with Gasteiger partial charge in [0.1, 0.15) is 5.82 Å². The summed E-state index contributed by atoms with van der Waals surface area (Å²) in [5.41, 5.74) is 2.11. The van der Waals surface area contributed by atoms with E-state index in [1.54, 1.807) is 0 Å². The first-order chi connectivity index (χ1) is 13.2. The van der Waals surface area contributed by atoms with E-state index in [1.807, 2.05) is 53.6 Å². The number of anilines is 1. The number of nitrogens with one attached hydrogen (secondary N) is 2. The number of nitrogens with zero attached hydrogens (tertiary/aromatic N) is 4. The summed E-state index contributed by atoms with van der Waals surface area (Å²) in [4.78, 5) is 25.7. The first-order valence-corrected chi connectivity index (χ1v) is 9.28. The molecule has 1 aromatic heterocycles. The van der Waals surface area contributed by atoms with Crippen LogP contribution in [0.15, 0.2) is 48.3 Å². The van der Waals surface area contributed by atoms with Gasteiger partial charge in [-0.05, 0) is 18.2 Å². The summed E-state index contributed by atoms with van der Waals surface area (Å²) in [6.45, 7) is 5.16. The normalized spacial score (nSPS) is 21.7. The van der Waals surface area contributed by atoms with Gasteiger partial charge in [-0.25, -0.2) is 9.97 Å². The monoisotopic (exact) mass is 362 g/mol. The van der Waals surface area contributed by atoms with E-state index in [0.29, 0.717) is 0 Å². The lowest BCUT2D eigenvalue weighted by Gasteiger charge is -2.60. The van der Waals surface area contributed by atoms with Crippen molar-refractivity contribution in [2.75, 3.05) is 44.3 Å². The van der Waals surface area contributed by atoms with Crippen molar-refractivity contribution < 1.29 is 4.79 Å². The Hall–Kier alpha value is -2.93. The van der Waals surface area contributed by atoms with E-state index >= 15 is 0 Å². The second-order valence-electron chi connectivity index (χ2n) is 7.61. The summed E-state index contributed by atoms with van der Waals surface area (Å²) in [7, 11) is 0. The fraction of sp³-hybridized carbons (Fsp3) is 0.350. The number of benzene rings is 1. The highest BCUT2D eigenvalue weighted by Gasteiger charge is 2.53. The molecule has 27 heavy (non-hydrogen) atoms. The molecule has 1 aromatic carbocycles. The van der Waals surface area contributed by atoms with Crippen LogP contribution in [0.3, 0.4) is 0 Å². The molecule has 0 aliphatic carbocycles. The zero-order valence-electron chi connectivity index (χ0n) is 15.1. The molecule has 3 saturated heterocycles. The quantitative estimate of drug-likeness (QED) is 0.846. The van der Waals surface area contributed by atoms with E-state index in [9.17, 15) is 4.79 Å². The van der Waals surface area contributed by atoms with Crippen molar-refractivity contribution in [2.45, 2.75) is 0 Å². The molecule has 4 heterocycles. The molecule has 7 nitrogen and oxygen atoms in total. The molecule has 3 aliphatic heterocycles. The van der Waals surface area contributed by atoms with Crippen molar-refractivity contribution in [1.29, 1.82) is 0 Å². The maximum atomic E-state index is 12.5. The summed E-state index contributed by atoms with van der Waals surface area (Å²) in [6, 6.07) is 11.5. The topological polar surface area (TPSA) is 73.4 Å². The van der Waals surface area contributed by atoms with Crippen molar-refractivity contribution in [2.24, 2.45) is 5.41 Å². The molecule has 0 saturated carbocycles.